The highest BCUT2D eigenvalue weighted by molar-refractivity contribution is 5.79. The Morgan fingerprint density at radius 1 is 1.10 bits per heavy atom. The van der Waals surface area contributed by atoms with Gasteiger partial charge in [-0.25, -0.2) is 9.98 Å². The average Bonchev–Trinajstić information content (AvgIpc) is 3.25. The van der Waals surface area contributed by atoms with Crippen LogP contribution >= 0.6 is 0 Å². The van der Waals surface area contributed by atoms with Crippen LogP contribution in [0.1, 0.15) is 23.6 Å². The zero-order valence-corrected chi connectivity index (χ0v) is 17.1. The van der Waals surface area contributed by atoms with Crippen LogP contribution in [-0.2, 0) is 19.5 Å². The van der Waals surface area contributed by atoms with Gasteiger partial charge >= 0.3 is 0 Å². The lowest BCUT2D eigenvalue weighted by Crippen LogP contribution is -2.38. The zero-order valence-electron chi connectivity index (χ0n) is 17.1. The number of methoxy groups -OCH3 is 1. The third-order valence-corrected chi connectivity index (χ3v) is 4.56. The van der Waals surface area contributed by atoms with E-state index in [1.165, 1.54) is 16.7 Å². The van der Waals surface area contributed by atoms with Crippen LogP contribution in [0, 0.1) is 0 Å². The Labute approximate surface area is 172 Å². The van der Waals surface area contributed by atoms with Gasteiger partial charge in [0.2, 0.25) is 0 Å². The van der Waals surface area contributed by atoms with E-state index in [9.17, 15) is 0 Å². The van der Waals surface area contributed by atoms with Crippen molar-refractivity contribution in [1.29, 1.82) is 0 Å². The highest BCUT2D eigenvalue weighted by atomic mass is 16.5. The molecule has 6 nitrogen and oxygen atoms in total. The van der Waals surface area contributed by atoms with E-state index in [-0.39, 0.29) is 0 Å². The molecule has 0 atom stereocenters. The maximum Gasteiger partial charge on any atom is 0.191 e. The van der Waals surface area contributed by atoms with Crippen LogP contribution in [0.25, 0.3) is 0 Å². The van der Waals surface area contributed by atoms with Crippen molar-refractivity contribution < 1.29 is 4.74 Å². The molecule has 0 aliphatic carbocycles. The molecule has 29 heavy (non-hydrogen) atoms. The number of hydrogen-bond donors (Lipinski definition) is 2. The van der Waals surface area contributed by atoms with Crippen molar-refractivity contribution in [3.63, 3.8) is 0 Å². The van der Waals surface area contributed by atoms with E-state index in [1.807, 2.05) is 30.7 Å². The molecule has 2 N–H and O–H groups in total. The van der Waals surface area contributed by atoms with Crippen molar-refractivity contribution in [3.05, 3.63) is 83.9 Å². The number of nitrogens with one attached hydrogen (secondary N) is 2. The summed E-state index contributed by atoms with van der Waals surface area (Å²) in [6.45, 7) is 5.12. The van der Waals surface area contributed by atoms with E-state index < -0.39 is 0 Å². The lowest BCUT2D eigenvalue weighted by Gasteiger charge is -2.13. The molecule has 3 aromatic rings. The number of guanidine groups is 1. The molecular weight excluding hydrogens is 362 g/mol. The number of para-hydroxylation sites is 1. The second kappa shape index (κ2) is 10.9. The van der Waals surface area contributed by atoms with Crippen molar-refractivity contribution in [2.75, 3.05) is 20.2 Å². The van der Waals surface area contributed by atoms with Gasteiger partial charge in [0.15, 0.2) is 5.96 Å². The number of imidazole rings is 1. The van der Waals surface area contributed by atoms with Gasteiger partial charge in [0.05, 0.1) is 20.0 Å². The predicted octanol–water partition coefficient (Wildman–Crippen LogP) is 3.24. The van der Waals surface area contributed by atoms with Gasteiger partial charge in [0.25, 0.3) is 0 Å². The summed E-state index contributed by atoms with van der Waals surface area (Å²) in [6.07, 6.45) is 6.47. The van der Waals surface area contributed by atoms with E-state index in [4.69, 9.17) is 9.73 Å². The van der Waals surface area contributed by atoms with Crippen LogP contribution < -0.4 is 15.4 Å². The number of ether oxygens (including phenoxy) is 1. The maximum atomic E-state index is 5.43. The highest BCUT2D eigenvalue weighted by Crippen LogP contribution is 2.17. The largest absolute Gasteiger partial charge is 0.496 e. The smallest absolute Gasteiger partial charge is 0.191 e. The van der Waals surface area contributed by atoms with Crippen LogP contribution in [-0.4, -0.2) is 35.7 Å². The SMILES string of the molecule is CCNC(=NCc1cccc(Cn2ccnc2)c1)NCCc1ccccc1OC. The minimum atomic E-state index is 0.627. The molecular formula is C23H29N5O. The van der Waals surface area contributed by atoms with Gasteiger partial charge in [-0.3, -0.25) is 0 Å². The summed E-state index contributed by atoms with van der Waals surface area (Å²) >= 11 is 0. The molecule has 0 radical (unpaired) electrons. The van der Waals surface area contributed by atoms with Gasteiger partial charge in [-0.15, -0.1) is 0 Å². The van der Waals surface area contributed by atoms with Crippen LogP contribution in [0.5, 0.6) is 5.75 Å². The third-order valence-electron chi connectivity index (χ3n) is 4.56. The van der Waals surface area contributed by atoms with Crippen molar-refractivity contribution in [2.45, 2.75) is 26.4 Å². The fourth-order valence-corrected chi connectivity index (χ4v) is 3.15. The van der Waals surface area contributed by atoms with E-state index >= 15 is 0 Å². The summed E-state index contributed by atoms with van der Waals surface area (Å²) in [7, 11) is 1.71. The van der Waals surface area contributed by atoms with Crippen LogP contribution in [0.2, 0.25) is 0 Å². The standard InChI is InChI=1S/C23H29N5O/c1-3-25-23(26-12-11-21-9-4-5-10-22(21)29-2)27-16-19-7-6-8-20(15-19)17-28-14-13-24-18-28/h4-10,13-15,18H,3,11-12,16-17H2,1-2H3,(H2,25,26,27). The quantitative estimate of drug-likeness (QED) is 0.434. The monoisotopic (exact) mass is 391 g/mol. The van der Waals surface area contributed by atoms with Crippen molar-refractivity contribution >= 4 is 5.96 Å². The second-order valence-electron chi connectivity index (χ2n) is 6.74. The minimum absolute atomic E-state index is 0.627. The normalized spacial score (nSPS) is 11.3. The van der Waals surface area contributed by atoms with Crippen molar-refractivity contribution in [2.24, 2.45) is 4.99 Å². The molecule has 152 valence electrons. The van der Waals surface area contributed by atoms with E-state index in [0.717, 1.165) is 37.8 Å². The molecule has 6 heteroatoms. The molecule has 2 aromatic carbocycles. The predicted molar refractivity (Wildman–Crippen MR) is 117 cm³/mol. The fraction of sp³-hybridized carbons (Fsp3) is 0.304. The second-order valence-corrected chi connectivity index (χ2v) is 6.74. The zero-order chi connectivity index (χ0) is 20.3. The molecule has 0 aliphatic heterocycles. The van der Waals surface area contributed by atoms with Gasteiger partial charge < -0.3 is 19.9 Å². The van der Waals surface area contributed by atoms with Gasteiger partial charge in [-0.2, -0.15) is 0 Å². The first-order valence-electron chi connectivity index (χ1n) is 9.96. The summed E-state index contributed by atoms with van der Waals surface area (Å²) in [5.41, 5.74) is 3.61. The molecule has 3 rings (SSSR count). The van der Waals surface area contributed by atoms with Gasteiger partial charge in [0.1, 0.15) is 5.75 Å². The van der Waals surface area contributed by atoms with Crippen molar-refractivity contribution in [1.82, 2.24) is 20.2 Å². The van der Waals surface area contributed by atoms with Crippen LogP contribution in [0.4, 0.5) is 0 Å². The molecule has 0 spiro atoms. The Hall–Kier alpha value is -3.28. The molecule has 1 heterocycles. The first kappa shape index (κ1) is 20.5. The number of nitrogens with zero attached hydrogens (tertiary/aromatic N) is 3. The van der Waals surface area contributed by atoms with Gasteiger partial charge in [-0.1, -0.05) is 42.5 Å². The van der Waals surface area contributed by atoms with E-state index in [0.29, 0.717) is 6.54 Å². The van der Waals surface area contributed by atoms with Crippen LogP contribution in [0.3, 0.4) is 0 Å². The highest BCUT2D eigenvalue weighted by Gasteiger charge is 2.03. The van der Waals surface area contributed by atoms with E-state index in [2.05, 4.69) is 57.4 Å². The fourth-order valence-electron chi connectivity index (χ4n) is 3.15. The molecule has 0 saturated carbocycles. The Morgan fingerprint density at radius 2 is 1.97 bits per heavy atom. The first-order valence-corrected chi connectivity index (χ1v) is 9.96. The number of rotatable bonds is 9. The number of benzene rings is 2. The lowest BCUT2D eigenvalue weighted by atomic mass is 10.1. The molecule has 0 fully saturated rings. The third kappa shape index (κ3) is 6.38. The molecule has 1 aromatic heterocycles. The number of aromatic nitrogens is 2. The Morgan fingerprint density at radius 3 is 2.76 bits per heavy atom. The van der Waals surface area contributed by atoms with Crippen LogP contribution in [0.15, 0.2) is 72.2 Å². The summed E-state index contributed by atoms with van der Waals surface area (Å²) in [5.74, 6) is 1.74. The number of hydrogen-bond acceptors (Lipinski definition) is 3. The summed E-state index contributed by atoms with van der Waals surface area (Å²) in [6, 6.07) is 16.6. The van der Waals surface area contributed by atoms with E-state index in [1.54, 1.807) is 13.3 Å². The molecule has 0 aliphatic rings. The first-order chi connectivity index (χ1) is 14.3. The summed E-state index contributed by atoms with van der Waals surface area (Å²) < 4.78 is 7.49. The van der Waals surface area contributed by atoms with Gasteiger partial charge in [0, 0.05) is 32.0 Å². The summed E-state index contributed by atoms with van der Waals surface area (Å²) in [5, 5.41) is 6.73. The number of aliphatic imine (C=N–C) groups is 1. The Balaban J connectivity index is 1.57. The minimum Gasteiger partial charge on any atom is -0.496 e. The molecule has 0 bridgehead atoms. The molecule has 0 amide bonds. The molecule has 0 saturated heterocycles. The summed E-state index contributed by atoms with van der Waals surface area (Å²) in [4.78, 5) is 8.84. The van der Waals surface area contributed by atoms with Crippen molar-refractivity contribution in [3.8, 4) is 5.75 Å². The average molecular weight is 392 g/mol. The Kier molecular flexibility index (Phi) is 7.69. The lowest BCUT2D eigenvalue weighted by molar-refractivity contribution is 0.409. The Bertz CT molecular complexity index is 905. The topological polar surface area (TPSA) is 63.5 Å². The molecule has 0 unspecified atom stereocenters. The maximum absolute atomic E-state index is 5.43. The van der Waals surface area contributed by atoms with Gasteiger partial charge in [-0.05, 0) is 36.1 Å².